The van der Waals surface area contributed by atoms with Crippen LogP contribution in [0, 0.1) is 5.92 Å². The molecule has 2 N–H and O–H groups in total. The molecule has 0 atom stereocenters. The van der Waals surface area contributed by atoms with Gasteiger partial charge in [-0.3, -0.25) is 14.4 Å². The molecule has 0 aliphatic heterocycles. The van der Waals surface area contributed by atoms with Gasteiger partial charge in [-0.05, 0) is 85.1 Å². The molecule has 7 heteroatoms. The molecule has 3 rings (SSSR count). The van der Waals surface area contributed by atoms with Crippen molar-refractivity contribution in [2.24, 2.45) is 5.92 Å². The van der Waals surface area contributed by atoms with Crippen LogP contribution in [-0.4, -0.2) is 24.2 Å². The first-order valence-corrected chi connectivity index (χ1v) is 11.5. The molecule has 3 aromatic carbocycles. The number of ketones is 1. The number of anilines is 1. The van der Waals surface area contributed by atoms with Crippen molar-refractivity contribution >= 4 is 41.0 Å². The van der Waals surface area contributed by atoms with Gasteiger partial charge >= 0.3 is 0 Å². The molecule has 180 valence electrons. The van der Waals surface area contributed by atoms with Crippen LogP contribution in [0.4, 0.5) is 5.69 Å². The monoisotopic (exact) mass is 490 g/mol. The molecule has 0 bridgehead atoms. The van der Waals surface area contributed by atoms with Crippen molar-refractivity contribution < 1.29 is 19.1 Å². The Morgan fingerprint density at radius 2 is 1.49 bits per heavy atom. The standard InChI is InChI=1S/C28H27ClN2O4/c1-18(2)17-35-25-14-8-22(9-15-25)27(33)31-26(16-20-4-10-23(29)11-5-20)28(34)30-24-12-6-21(7-13-24)19(3)32/h4-16,18H,17H2,1-3H3,(H,30,34)(H,31,33)/b26-16+. The third-order valence-electron chi connectivity index (χ3n) is 4.92. The molecule has 0 aliphatic carbocycles. The lowest BCUT2D eigenvalue weighted by Gasteiger charge is -2.12. The van der Waals surface area contributed by atoms with Crippen molar-refractivity contribution in [3.63, 3.8) is 0 Å². The minimum Gasteiger partial charge on any atom is -0.493 e. The highest BCUT2D eigenvalue weighted by Crippen LogP contribution is 2.17. The maximum atomic E-state index is 13.1. The lowest BCUT2D eigenvalue weighted by molar-refractivity contribution is -0.113. The number of hydrogen-bond donors (Lipinski definition) is 2. The highest BCUT2D eigenvalue weighted by molar-refractivity contribution is 6.30. The molecular formula is C28H27ClN2O4. The number of nitrogens with one attached hydrogen (secondary N) is 2. The second-order valence-electron chi connectivity index (χ2n) is 8.38. The van der Waals surface area contributed by atoms with E-state index in [0.29, 0.717) is 45.7 Å². The summed E-state index contributed by atoms with van der Waals surface area (Å²) in [6.07, 6.45) is 1.56. The number of halogens is 1. The van der Waals surface area contributed by atoms with Gasteiger partial charge in [0.05, 0.1) is 6.61 Å². The molecule has 0 heterocycles. The Morgan fingerprint density at radius 3 is 2.06 bits per heavy atom. The SMILES string of the molecule is CC(=O)c1ccc(NC(=O)/C(=C\c2ccc(Cl)cc2)NC(=O)c2ccc(OCC(C)C)cc2)cc1. The Morgan fingerprint density at radius 1 is 0.886 bits per heavy atom. The van der Waals surface area contributed by atoms with Gasteiger partial charge in [-0.1, -0.05) is 37.6 Å². The van der Waals surface area contributed by atoms with E-state index >= 15 is 0 Å². The molecule has 2 amide bonds. The van der Waals surface area contributed by atoms with Crippen molar-refractivity contribution in [2.75, 3.05) is 11.9 Å². The van der Waals surface area contributed by atoms with Crippen molar-refractivity contribution in [1.29, 1.82) is 0 Å². The molecule has 0 aromatic heterocycles. The average molecular weight is 491 g/mol. The Balaban J connectivity index is 1.80. The van der Waals surface area contributed by atoms with E-state index in [-0.39, 0.29) is 11.5 Å². The number of ether oxygens (including phenoxy) is 1. The largest absolute Gasteiger partial charge is 0.493 e. The molecule has 0 spiro atoms. The second kappa shape index (κ2) is 12.0. The topological polar surface area (TPSA) is 84.5 Å². The summed E-state index contributed by atoms with van der Waals surface area (Å²) in [5.74, 6) is 0.0252. The fourth-order valence-corrected chi connectivity index (χ4v) is 3.16. The number of carbonyl (C=O) groups excluding carboxylic acids is 3. The van der Waals surface area contributed by atoms with Gasteiger partial charge in [0, 0.05) is 21.8 Å². The van der Waals surface area contributed by atoms with Crippen LogP contribution in [-0.2, 0) is 4.79 Å². The zero-order chi connectivity index (χ0) is 25.4. The summed E-state index contributed by atoms with van der Waals surface area (Å²) in [6.45, 7) is 6.16. The van der Waals surface area contributed by atoms with Gasteiger partial charge in [0.2, 0.25) is 0 Å². The molecule has 3 aromatic rings. The number of rotatable bonds is 9. The van der Waals surface area contributed by atoms with Crippen LogP contribution < -0.4 is 15.4 Å². The van der Waals surface area contributed by atoms with E-state index in [1.807, 2.05) is 0 Å². The van der Waals surface area contributed by atoms with Gasteiger partial charge in [0.15, 0.2) is 5.78 Å². The van der Waals surface area contributed by atoms with Gasteiger partial charge in [0.1, 0.15) is 11.4 Å². The minimum atomic E-state index is -0.513. The van der Waals surface area contributed by atoms with Crippen molar-refractivity contribution in [1.82, 2.24) is 5.32 Å². The predicted octanol–water partition coefficient (Wildman–Crippen LogP) is 5.99. The van der Waals surface area contributed by atoms with E-state index in [9.17, 15) is 14.4 Å². The summed E-state index contributed by atoms with van der Waals surface area (Å²) in [6, 6.07) is 20.1. The van der Waals surface area contributed by atoms with Gasteiger partial charge < -0.3 is 15.4 Å². The highest BCUT2D eigenvalue weighted by Gasteiger charge is 2.16. The molecule has 0 saturated heterocycles. The van der Waals surface area contributed by atoms with Crippen LogP contribution in [0.1, 0.15) is 47.1 Å². The van der Waals surface area contributed by atoms with Crippen LogP contribution in [0.5, 0.6) is 5.75 Å². The molecule has 6 nitrogen and oxygen atoms in total. The van der Waals surface area contributed by atoms with Gasteiger partial charge in [0.25, 0.3) is 11.8 Å². The molecule has 0 aliphatic rings. The number of Topliss-reactive ketones (excluding diaryl/α,β-unsaturated/α-hetero) is 1. The first-order chi connectivity index (χ1) is 16.7. The lowest BCUT2D eigenvalue weighted by Crippen LogP contribution is -2.30. The van der Waals surface area contributed by atoms with Gasteiger partial charge in [-0.25, -0.2) is 0 Å². The van der Waals surface area contributed by atoms with Crippen LogP contribution >= 0.6 is 11.6 Å². The first kappa shape index (κ1) is 25.7. The Kier molecular flexibility index (Phi) is 8.81. The third kappa shape index (κ3) is 7.83. The molecule has 35 heavy (non-hydrogen) atoms. The molecule has 0 radical (unpaired) electrons. The minimum absolute atomic E-state index is 0.0492. The summed E-state index contributed by atoms with van der Waals surface area (Å²) < 4.78 is 5.66. The van der Waals surface area contributed by atoms with E-state index < -0.39 is 11.8 Å². The molecule has 0 fully saturated rings. The van der Waals surface area contributed by atoms with Gasteiger partial charge in [-0.2, -0.15) is 0 Å². The van der Waals surface area contributed by atoms with Crippen molar-refractivity contribution in [3.05, 3.63) is 100 Å². The third-order valence-corrected chi connectivity index (χ3v) is 5.17. The summed E-state index contributed by atoms with van der Waals surface area (Å²) >= 11 is 5.97. The number of hydrogen-bond acceptors (Lipinski definition) is 4. The quantitative estimate of drug-likeness (QED) is 0.285. The fraction of sp³-hybridized carbons (Fsp3) is 0.179. The smallest absolute Gasteiger partial charge is 0.272 e. The number of benzene rings is 3. The van der Waals surface area contributed by atoms with E-state index in [4.69, 9.17) is 16.3 Å². The zero-order valence-electron chi connectivity index (χ0n) is 19.8. The fourth-order valence-electron chi connectivity index (χ4n) is 3.03. The second-order valence-corrected chi connectivity index (χ2v) is 8.82. The van der Waals surface area contributed by atoms with E-state index in [0.717, 1.165) is 0 Å². The summed E-state index contributed by atoms with van der Waals surface area (Å²) in [4.78, 5) is 37.5. The molecule has 0 unspecified atom stereocenters. The van der Waals surface area contributed by atoms with E-state index in [2.05, 4.69) is 24.5 Å². The Hall–Kier alpha value is -3.90. The average Bonchev–Trinajstić information content (AvgIpc) is 2.84. The van der Waals surface area contributed by atoms with Gasteiger partial charge in [-0.15, -0.1) is 0 Å². The van der Waals surface area contributed by atoms with Crippen LogP contribution in [0.15, 0.2) is 78.5 Å². The van der Waals surface area contributed by atoms with Crippen LogP contribution in [0.25, 0.3) is 6.08 Å². The van der Waals surface area contributed by atoms with Crippen molar-refractivity contribution in [2.45, 2.75) is 20.8 Å². The summed E-state index contributed by atoms with van der Waals surface area (Å²) in [5.41, 5.74) is 2.14. The van der Waals surface area contributed by atoms with Crippen LogP contribution in [0.3, 0.4) is 0 Å². The first-order valence-electron chi connectivity index (χ1n) is 11.1. The lowest BCUT2D eigenvalue weighted by atomic mass is 10.1. The maximum absolute atomic E-state index is 13.1. The molecular weight excluding hydrogens is 464 g/mol. The molecule has 0 saturated carbocycles. The normalized spacial score (nSPS) is 11.2. The highest BCUT2D eigenvalue weighted by atomic mass is 35.5. The van der Waals surface area contributed by atoms with E-state index in [1.54, 1.807) is 78.9 Å². The van der Waals surface area contributed by atoms with E-state index in [1.165, 1.54) is 6.92 Å². The van der Waals surface area contributed by atoms with Crippen molar-refractivity contribution in [3.8, 4) is 5.75 Å². The number of amides is 2. The van der Waals surface area contributed by atoms with Crippen LogP contribution in [0.2, 0.25) is 5.02 Å². The Labute approximate surface area is 210 Å². The predicted molar refractivity (Wildman–Crippen MR) is 139 cm³/mol. The summed E-state index contributed by atoms with van der Waals surface area (Å²) in [7, 11) is 0. The maximum Gasteiger partial charge on any atom is 0.272 e. The summed E-state index contributed by atoms with van der Waals surface area (Å²) in [5, 5.41) is 6.01. The Bertz CT molecular complexity index is 1220. The zero-order valence-corrected chi connectivity index (χ0v) is 20.6. The number of carbonyl (C=O) groups is 3.